The fraction of sp³-hybridized carbons (Fsp3) is 0.692. The highest BCUT2D eigenvalue weighted by Gasteiger charge is 1.93. The zero-order valence-corrected chi connectivity index (χ0v) is 9.53. The second-order valence-corrected chi connectivity index (χ2v) is 4.02. The van der Waals surface area contributed by atoms with Crippen molar-refractivity contribution >= 4 is 0 Å². The second kappa shape index (κ2) is 8.10. The standard InChI is InChI=1S/C13H24/c1-5-6-7-8-9-10-11-13(4)12(2)3/h5H,1,6-11H2,2-4H3. The third-order valence-electron chi connectivity index (χ3n) is 2.56. The van der Waals surface area contributed by atoms with Crippen molar-refractivity contribution in [2.24, 2.45) is 0 Å². The van der Waals surface area contributed by atoms with Crippen LogP contribution in [0.4, 0.5) is 0 Å². The molecule has 0 heterocycles. The van der Waals surface area contributed by atoms with Crippen molar-refractivity contribution in [1.29, 1.82) is 0 Å². The van der Waals surface area contributed by atoms with E-state index in [-0.39, 0.29) is 0 Å². The van der Waals surface area contributed by atoms with Crippen LogP contribution in [0.25, 0.3) is 0 Å². The first-order chi connectivity index (χ1) is 6.18. The summed E-state index contributed by atoms with van der Waals surface area (Å²) in [5.41, 5.74) is 3.06. The Balaban J connectivity index is 3.26. The summed E-state index contributed by atoms with van der Waals surface area (Å²) in [5, 5.41) is 0. The Kier molecular flexibility index (Phi) is 7.77. The van der Waals surface area contributed by atoms with Gasteiger partial charge < -0.3 is 0 Å². The third-order valence-corrected chi connectivity index (χ3v) is 2.56. The van der Waals surface area contributed by atoms with Crippen LogP contribution < -0.4 is 0 Å². The molecule has 0 fully saturated rings. The zero-order chi connectivity index (χ0) is 10.1. The van der Waals surface area contributed by atoms with Crippen LogP contribution in [0.2, 0.25) is 0 Å². The minimum atomic E-state index is 1.18. The second-order valence-electron chi connectivity index (χ2n) is 4.02. The molecule has 0 amide bonds. The Hall–Kier alpha value is -0.520. The van der Waals surface area contributed by atoms with E-state index >= 15 is 0 Å². The summed E-state index contributed by atoms with van der Waals surface area (Å²) >= 11 is 0. The Morgan fingerprint density at radius 2 is 1.62 bits per heavy atom. The number of unbranched alkanes of at least 4 members (excludes halogenated alkanes) is 4. The number of hydrogen-bond donors (Lipinski definition) is 0. The molecular weight excluding hydrogens is 156 g/mol. The number of hydrogen-bond acceptors (Lipinski definition) is 0. The summed E-state index contributed by atoms with van der Waals surface area (Å²) < 4.78 is 0. The first kappa shape index (κ1) is 12.5. The van der Waals surface area contributed by atoms with Gasteiger partial charge in [0.1, 0.15) is 0 Å². The van der Waals surface area contributed by atoms with Crippen LogP contribution in [-0.4, -0.2) is 0 Å². The average molecular weight is 180 g/mol. The van der Waals surface area contributed by atoms with E-state index in [2.05, 4.69) is 27.4 Å². The molecule has 0 aliphatic heterocycles. The zero-order valence-electron chi connectivity index (χ0n) is 9.53. The Morgan fingerprint density at radius 3 is 2.15 bits per heavy atom. The Labute approximate surface area is 83.7 Å². The van der Waals surface area contributed by atoms with Crippen molar-refractivity contribution in [2.45, 2.75) is 59.3 Å². The molecule has 0 nitrogen and oxygen atoms in total. The predicted molar refractivity (Wildman–Crippen MR) is 61.9 cm³/mol. The van der Waals surface area contributed by atoms with E-state index in [9.17, 15) is 0 Å². The SMILES string of the molecule is C=CCCCCCCC(C)=C(C)C. The first-order valence-corrected chi connectivity index (χ1v) is 5.42. The fourth-order valence-corrected chi connectivity index (χ4v) is 1.28. The van der Waals surface area contributed by atoms with Crippen molar-refractivity contribution in [3.8, 4) is 0 Å². The van der Waals surface area contributed by atoms with Crippen molar-refractivity contribution in [3.05, 3.63) is 23.8 Å². The molecule has 0 bridgehead atoms. The Bertz CT molecular complexity index is 159. The van der Waals surface area contributed by atoms with Crippen molar-refractivity contribution in [1.82, 2.24) is 0 Å². The lowest BCUT2D eigenvalue weighted by Gasteiger charge is -2.03. The topological polar surface area (TPSA) is 0 Å². The maximum Gasteiger partial charge on any atom is -0.0321 e. The number of rotatable bonds is 7. The maximum absolute atomic E-state index is 3.72. The van der Waals surface area contributed by atoms with E-state index in [0.29, 0.717) is 0 Å². The molecule has 0 N–H and O–H groups in total. The third kappa shape index (κ3) is 7.83. The smallest absolute Gasteiger partial charge is 0.0321 e. The van der Waals surface area contributed by atoms with Gasteiger partial charge in [-0.3, -0.25) is 0 Å². The van der Waals surface area contributed by atoms with Crippen LogP contribution in [0.3, 0.4) is 0 Å². The quantitative estimate of drug-likeness (QED) is 0.387. The van der Waals surface area contributed by atoms with E-state index in [4.69, 9.17) is 0 Å². The van der Waals surface area contributed by atoms with Gasteiger partial charge in [0.25, 0.3) is 0 Å². The molecule has 0 rings (SSSR count). The van der Waals surface area contributed by atoms with Gasteiger partial charge in [-0.1, -0.05) is 30.1 Å². The molecule has 0 radical (unpaired) electrons. The van der Waals surface area contributed by atoms with Crippen LogP contribution in [0, 0.1) is 0 Å². The molecule has 0 unspecified atom stereocenters. The average Bonchev–Trinajstić information content (AvgIpc) is 2.10. The van der Waals surface area contributed by atoms with Gasteiger partial charge in [0.2, 0.25) is 0 Å². The summed E-state index contributed by atoms with van der Waals surface area (Å²) in [6.07, 6.45) is 9.89. The van der Waals surface area contributed by atoms with Gasteiger partial charge in [0.15, 0.2) is 0 Å². The molecule has 0 aromatic carbocycles. The molecule has 0 aliphatic carbocycles. The lowest BCUT2D eigenvalue weighted by molar-refractivity contribution is 0.643. The van der Waals surface area contributed by atoms with Crippen LogP contribution in [-0.2, 0) is 0 Å². The molecule has 0 aliphatic rings. The van der Waals surface area contributed by atoms with Gasteiger partial charge in [0, 0.05) is 0 Å². The highest BCUT2D eigenvalue weighted by Crippen LogP contribution is 2.13. The molecule has 0 aromatic rings. The summed E-state index contributed by atoms with van der Waals surface area (Å²) in [4.78, 5) is 0. The van der Waals surface area contributed by atoms with Crippen molar-refractivity contribution in [2.75, 3.05) is 0 Å². The Morgan fingerprint density at radius 1 is 1.00 bits per heavy atom. The van der Waals surface area contributed by atoms with E-state index in [1.165, 1.54) is 44.1 Å². The normalized spacial score (nSPS) is 9.77. The van der Waals surface area contributed by atoms with Crippen LogP contribution in [0.5, 0.6) is 0 Å². The molecule has 76 valence electrons. The van der Waals surface area contributed by atoms with E-state index in [0.717, 1.165) is 0 Å². The van der Waals surface area contributed by atoms with Crippen LogP contribution >= 0.6 is 0 Å². The lowest BCUT2D eigenvalue weighted by Crippen LogP contribution is -1.83. The van der Waals surface area contributed by atoms with Gasteiger partial charge in [-0.2, -0.15) is 0 Å². The molecule has 0 saturated heterocycles. The van der Waals surface area contributed by atoms with Gasteiger partial charge in [-0.05, 0) is 46.5 Å². The molecule has 0 atom stereocenters. The number of allylic oxidation sites excluding steroid dienone is 3. The van der Waals surface area contributed by atoms with Gasteiger partial charge in [0.05, 0.1) is 0 Å². The summed E-state index contributed by atoms with van der Waals surface area (Å²) in [6, 6.07) is 0. The highest BCUT2D eigenvalue weighted by molar-refractivity contribution is 5.06. The molecular formula is C13H24. The minimum absolute atomic E-state index is 1.18. The monoisotopic (exact) mass is 180 g/mol. The van der Waals surface area contributed by atoms with E-state index in [1.54, 1.807) is 5.57 Å². The molecule has 0 saturated carbocycles. The van der Waals surface area contributed by atoms with Gasteiger partial charge in [-0.25, -0.2) is 0 Å². The highest BCUT2D eigenvalue weighted by atomic mass is 14.0. The first-order valence-electron chi connectivity index (χ1n) is 5.42. The van der Waals surface area contributed by atoms with Gasteiger partial charge in [-0.15, -0.1) is 6.58 Å². The molecule has 0 spiro atoms. The van der Waals surface area contributed by atoms with Crippen molar-refractivity contribution < 1.29 is 0 Å². The van der Waals surface area contributed by atoms with Gasteiger partial charge >= 0.3 is 0 Å². The summed E-state index contributed by atoms with van der Waals surface area (Å²) in [7, 11) is 0. The maximum atomic E-state index is 3.72. The molecule has 13 heavy (non-hydrogen) atoms. The lowest BCUT2D eigenvalue weighted by atomic mass is 10.0. The fourth-order valence-electron chi connectivity index (χ4n) is 1.28. The summed E-state index contributed by atoms with van der Waals surface area (Å²) in [6.45, 7) is 10.4. The predicted octanol–water partition coefficient (Wildman–Crippen LogP) is 4.87. The van der Waals surface area contributed by atoms with Crippen molar-refractivity contribution in [3.63, 3.8) is 0 Å². The largest absolute Gasteiger partial charge is 0.103 e. The molecule has 0 aromatic heterocycles. The van der Waals surface area contributed by atoms with Crippen LogP contribution in [0.15, 0.2) is 23.8 Å². The van der Waals surface area contributed by atoms with E-state index < -0.39 is 0 Å². The summed E-state index contributed by atoms with van der Waals surface area (Å²) in [5.74, 6) is 0. The molecule has 0 heteroatoms. The van der Waals surface area contributed by atoms with E-state index in [1.807, 2.05) is 6.08 Å². The van der Waals surface area contributed by atoms with Crippen LogP contribution in [0.1, 0.15) is 59.3 Å². The minimum Gasteiger partial charge on any atom is -0.103 e.